The summed E-state index contributed by atoms with van der Waals surface area (Å²) in [6.45, 7) is 4.70. The largest absolute Gasteiger partial charge is 0.390 e. The van der Waals surface area contributed by atoms with E-state index in [1.807, 2.05) is 0 Å². The molecule has 20 heavy (non-hydrogen) atoms. The molecular weight excluding hydrogens is 260 g/mol. The molecule has 2 N–H and O–H groups in total. The normalized spacial score (nSPS) is 45.8. The summed E-state index contributed by atoms with van der Waals surface area (Å²) in [5, 5.41) is 14.3. The number of aliphatic hydroxyl groups excluding tert-OH is 1. The Labute approximate surface area is 119 Å². The number of morpholine rings is 1. The van der Waals surface area contributed by atoms with Gasteiger partial charge in [0.2, 0.25) is 0 Å². The highest BCUT2D eigenvalue weighted by atomic mass is 16.7. The topological polar surface area (TPSA) is 63.2 Å². The van der Waals surface area contributed by atoms with Crippen LogP contribution in [0.2, 0.25) is 0 Å². The number of hydrogen-bond acceptors (Lipinski definition) is 6. The number of rotatable bonds is 4. The SMILES string of the molecule is OC1C(NCC2CC2)C2COC(O2)C1N1CCOCC1. The maximum atomic E-state index is 10.8. The van der Waals surface area contributed by atoms with Crippen molar-refractivity contribution >= 4 is 0 Å². The first kappa shape index (κ1) is 13.4. The van der Waals surface area contributed by atoms with Gasteiger partial charge in [0.1, 0.15) is 6.10 Å². The lowest BCUT2D eigenvalue weighted by molar-refractivity contribution is -0.190. The fraction of sp³-hybridized carbons (Fsp3) is 1.00. The highest BCUT2D eigenvalue weighted by molar-refractivity contribution is 5.02. The molecule has 6 heteroatoms. The standard InChI is InChI=1S/C14H24N2O4/c17-13-11(15-7-9-1-2-9)10-8-19-14(20-10)12(13)16-3-5-18-6-4-16/h9-15,17H,1-8H2. The summed E-state index contributed by atoms with van der Waals surface area (Å²) in [5.74, 6) is 0.795. The van der Waals surface area contributed by atoms with Crippen molar-refractivity contribution in [2.45, 2.75) is 43.4 Å². The van der Waals surface area contributed by atoms with Gasteiger partial charge in [-0.1, -0.05) is 0 Å². The van der Waals surface area contributed by atoms with Crippen molar-refractivity contribution in [3.63, 3.8) is 0 Å². The number of nitrogens with zero attached hydrogens (tertiary/aromatic N) is 1. The summed E-state index contributed by atoms with van der Waals surface area (Å²) in [5.41, 5.74) is 0. The molecule has 6 nitrogen and oxygen atoms in total. The first-order chi connectivity index (χ1) is 9.83. The van der Waals surface area contributed by atoms with E-state index in [0.29, 0.717) is 6.61 Å². The average Bonchev–Trinajstić information content (AvgIpc) is 3.20. The van der Waals surface area contributed by atoms with E-state index >= 15 is 0 Å². The Morgan fingerprint density at radius 3 is 2.75 bits per heavy atom. The Bertz CT molecular complexity index is 346. The fourth-order valence-corrected chi connectivity index (χ4v) is 3.54. The highest BCUT2D eigenvalue weighted by Crippen LogP contribution is 2.33. The Hall–Kier alpha value is -0.240. The lowest BCUT2D eigenvalue weighted by Gasteiger charge is -2.45. The molecule has 0 aromatic carbocycles. The van der Waals surface area contributed by atoms with E-state index in [-0.39, 0.29) is 24.5 Å². The molecule has 0 radical (unpaired) electrons. The van der Waals surface area contributed by atoms with Gasteiger partial charge in [0.05, 0.1) is 38.0 Å². The molecule has 4 rings (SSSR count). The smallest absolute Gasteiger partial charge is 0.176 e. The maximum absolute atomic E-state index is 10.8. The monoisotopic (exact) mass is 284 g/mol. The summed E-state index contributed by atoms with van der Waals surface area (Å²) in [4.78, 5) is 2.26. The van der Waals surface area contributed by atoms with Crippen LogP contribution in [0.5, 0.6) is 0 Å². The zero-order valence-electron chi connectivity index (χ0n) is 11.7. The molecule has 4 fully saturated rings. The molecule has 0 aromatic rings. The third-order valence-electron chi connectivity index (χ3n) is 4.94. The van der Waals surface area contributed by atoms with Crippen LogP contribution in [0.25, 0.3) is 0 Å². The minimum atomic E-state index is -0.432. The molecule has 114 valence electrons. The van der Waals surface area contributed by atoms with Crippen LogP contribution in [0, 0.1) is 5.92 Å². The van der Waals surface area contributed by atoms with Gasteiger partial charge in [-0.2, -0.15) is 0 Å². The summed E-state index contributed by atoms with van der Waals surface area (Å²) in [7, 11) is 0. The molecule has 5 atom stereocenters. The quantitative estimate of drug-likeness (QED) is 0.703. The zero-order valence-corrected chi connectivity index (χ0v) is 11.7. The van der Waals surface area contributed by atoms with Gasteiger partial charge >= 0.3 is 0 Å². The van der Waals surface area contributed by atoms with Crippen LogP contribution in [-0.4, -0.2) is 80.0 Å². The summed E-state index contributed by atoms with van der Waals surface area (Å²) < 4.78 is 17.1. The number of ether oxygens (including phenoxy) is 3. The Kier molecular flexibility index (Phi) is 3.70. The van der Waals surface area contributed by atoms with Crippen molar-refractivity contribution in [3.8, 4) is 0 Å². The fourth-order valence-electron chi connectivity index (χ4n) is 3.54. The van der Waals surface area contributed by atoms with Crippen LogP contribution in [0.3, 0.4) is 0 Å². The summed E-state index contributed by atoms with van der Waals surface area (Å²) in [6, 6.07) is -0.0865. The lowest BCUT2D eigenvalue weighted by Crippen LogP contribution is -2.65. The molecule has 3 aliphatic heterocycles. The minimum Gasteiger partial charge on any atom is -0.390 e. The van der Waals surface area contributed by atoms with Crippen molar-refractivity contribution in [1.29, 1.82) is 0 Å². The second kappa shape index (κ2) is 5.51. The predicted octanol–water partition coefficient (Wildman–Crippen LogP) is -0.829. The van der Waals surface area contributed by atoms with E-state index in [1.54, 1.807) is 0 Å². The number of aliphatic hydroxyl groups is 1. The second-order valence-electron chi connectivity index (χ2n) is 6.38. The highest BCUT2D eigenvalue weighted by Gasteiger charge is 2.52. The van der Waals surface area contributed by atoms with Gasteiger partial charge in [-0.25, -0.2) is 0 Å². The van der Waals surface area contributed by atoms with Gasteiger partial charge in [-0.15, -0.1) is 0 Å². The second-order valence-corrected chi connectivity index (χ2v) is 6.38. The Morgan fingerprint density at radius 2 is 2.00 bits per heavy atom. The van der Waals surface area contributed by atoms with E-state index < -0.39 is 6.10 Å². The van der Waals surface area contributed by atoms with Gasteiger partial charge in [0.15, 0.2) is 6.29 Å². The van der Waals surface area contributed by atoms with Gasteiger partial charge in [-0.3, -0.25) is 4.90 Å². The summed E-state index contributed by atoms with van der Waals surface area (Å²) in [6.07, 6.45) is 1.90. The van der Waals surface area contributed by atoms with Crippen molar-refractivity contribution in [2.75, 3.05) is 39.5 Å². The van der Waals surface area contributed by atoms with E-state index in [4.69, 9.17) is 14.2 Å². The molecule has 5 unspecified atom stereocenters. The maximum Gasteiger partial charge on any atom is 0.176 e. The Morgan fingerprint density at radius 1 is 1.20 bits per heavy atom. The molecule has 0 aromatic heterocycles. The van der Waals surface area contributed by atoms with E-state index in [9.17, 15) is 5.11 Å². The molecule has 4 aliphatic rings. The average molecular weight is 284 g/mol. The lowest BCUT2D eigenvalue weighted by atomic mass is 9.94. The van der Waals surface area contributed by atoms with E-state index in [2.05, 4.69) is 10.2 Å². The first-order valence-electron chi connectivity index (χ1n) is 7.83. The van der Waals surface area contributed by atoms with Crippen LogP contribution in [0.15, 0.2) is 0 Å². The Balaban J connectivity index is 1.46. The third kappa shape index (κ3) is 2.49. The van der Waals surface area contributed by atoms with Gasteiger partial charge in [-0.05, 0) is 25.3 Å². The molecule has 2 bridgehead atoms. The van der Waals surface area contributed by atoms with E-state index in [0.717, 1.165) is 38.8 Å². The third-order valence-corrected chi connectivity index (χ3v) is 4.94. The van der Waals surface area contributed by atoms with Gasteiger partial charge < -0.3 is 24.6 Å². The molecular formula is C14H24N2O4. The van der Waals surface area contributed by atoms with Crippen LogP contribution >= 0.6 is 0 Å². The molecule has 3 heterocycles. The minimum absolute atomic E-state index is 0.00830. The number of fused-ring (bicyclic) bond motifs is 2. The van der Waals surface area contributed by atoms with Crippen LogP contribution < -0.4 is 5.32 Å². The van der Waals surface area contributed by atoms with Crippen molar-refractivity contribution in [1.82, 2.24) is 10.2 Å². The zero-order chi connectivity index (χ0) is 13.5. The van der Waals surface area contributed by atoms with Crippen LogP contribution in [0.1, 0.15) is 12.8 Å². The molecule has 1 saturated carbocycles. The van der Waals surface area contributed by atoms with Crippen LogP contribution in [0.4, 0.5) is 0 Å². The van der Waals surface area contributed by atoms with Gasteiger partial charge in [0, 0.05) is 13.1 Å². The van der Waals surface area contributed by atoms with Crippen molar-refractivity contribution in [3.05, 3.63) is 0 Å². The summed E-state index contributed by atoms with van der Waals surface area (Å²) >= 11 is 0. The van der Waals surface area contributed by atoms with Crippen LogP contribution in [-0.2, 0) is 14.2 Å². The molecule has 1 aliphatic carbocycles. The number of nitrogens with one attached hydrogen (secondary N) is 1. The molecule has 3 saturated heterocycles. The van der Waals surface area contributed by atoms with Gasteiger partial charge in [0.25, 0.3) is 0 Å². The van der Waals surface area contributed by atoms with Crippen molar-refractivity contribution < 1.29 is 19.3 Å². The number of hydrogen-bond donors (Lipinski definition) is 2. The van der Waals surface area contributed by atoms with Crippen molar-refractivity contribution in [2.24, 2.45) is 5.92 Å². The molecule has 0 amide bonds. The van der Waals surface area contributed by atoms with E-state index in [1.165, 1.54) is 12.8 Å². The predicted molar refractivity (Wildman–Crippen MR) is 71.3 cm³/mol. The molecule has 0 spiro atoms. The first-order valence-corrected chi connectivity index (χ1v) is 7.83.